The number of benzene rings is 1. The summed E-state index contributed by atoms with van der Waals surface area (Å²) in [7, 11) is 0. The molecule has 31 heavy (non-hydrogen) atoms. The molecule has 1 aromatic carbocycles. The van der Waals surface area contributed by atoms with Gasteiger partial charge in [0.15, 0.2) is 23.1 Å². The van der Waals surface area contributed by atoms with Gasteiger partial charge < -0.3 is 25.5 Å². The predicted molar refractivity (Wildman–Crippen MR) is 114 cm³/mol. The highest BCUT2D eigenvalue weighted by Crippen LogP contribution is 2.28. The van der Waals surface area contributed by atoms with Crippen LogP contribution in [0.4, 0.5) is 19.7 Å². The summed E-state index contributed by atoms with van der Waals surface area (Å²) in [6, 6.07) is 5.40. The van der Waals surface area contributed by atoms with Crippen molar-refractivity contribution in [3.8, 4) is 0 Å². The zero-order valence-corrected chi connectivity index (χ0v) is 17.6. The second-order valence-corrected chi connectivity index (χ2v) is 8.49. The molecule has 0 bridgehead atoms. The van der Waals surface area contributed by atoms with E-state index in [1.807, 2.05) is 11.8 Å². The number of aliphatic hydroxyl groups is 3. The lowest BCUT2D eigenvalue weighted by Gasteiger charge is -2.42. The Balaban J connectivity index is 1.41. The van der Waals surface area contributed by atoms with Gasteiger partial charge in [0, 0.05) is 43.5 Å². The second kappa shape index (κ2) is 8.97. The first-order valence-electron chi connectivity index (χ1n) is 9.81. The lowest BCUT2D eigenvalue weighted by atomic mass is 10.1. The highest BCUT2D eigenvalue weighted by Gasteiger charge is 2.30. The predicted octanol–water partition coefficient (Wildman–Crippen LogP) is 1.89. The monoisotopic (exact) mass is 451 g/mol. The molecular weight excluding hydrogens is 428 g/mol. The molecule has 1 unspecified atom stereocenters. The van der Waals surface area contributed by atoms with Crippen molar-refractivity contribution in [2.24, 2.45) is 0 Å². The van der Waals surface area contributed by atoms with Crippen LogP contribution in [0.5, 0.6) is 0 Å². The number of piperazine rings is 1. The molecule has 2 aromatic heterocycles. The fourth-order valence-electron chi connectivity index (χ4n) is 3.65. The Morgan fingerprint density at radius 1 is 1.26 bits per heavy atom. The van der Waals surface area contributed by atoms with E-state index in [-0.39, 0.29) is 23.2 Å². The zero-order chi connectivity index (χ0) is 22.1. The number of hydrogen-bond donors (Lipinski definition) is 4. The van der Waals surface area contributed by atoms with Gasteiger partial charge in [0.1, 0.15) is 11.9 Å². The fraction of sp³-hybridized carbons (Fsp3) is 0.400. The number of fused-ring (bicyclic) bond motifs is 1. The van der Waals surface area contributed by atoms with Gasteiger partial charge in [-0.1, -0.05) is 11.3 Å². The van der Waals surface area contributed by atoms with Gasteiger partial charge in [-0.15, -0.1) is 0 Å². The average molecular weight is 451 g/mol. The molecule has 0 spiro atoms. The molecule has 0 radical (unpaired) electrons. The Morgan fingerprint density at radius 2 is 2.06 bits per heavy atom. The molecule has 1 aliphatic heterocycles. The minimum atomic E-state index is -1.17. The van der Waals surface area contributed by atoms with Crippen LogP contribution in [0, 0.1) is 11.6 Å². The summed E-state index contributed by atoms with van der Waals surface area (Å²) >= 11 is 1.32. The third-order valence-corrected chi connectivity index (χ3v) is 6.26. The van der Waals surface area contributed by atoms with Crippen LogP contribution in [0.15, 0.2) is 30.5 Å². The third-order valence-electron chi connectivity index (χ3n) is 5.30. The van der Waals surface area contributed by atoms with Crippen LogP contribution < -0.4 is 10.2 Å². The van der Waals surface area contributed by atoms with Gasteiger partial charge in [0.2, 0.25) is 0 Å². The van der Waals surface area contributed by atoms with Gasteiger partial charge in [-0.2, -0.15) is 0 Å². The maximum atomic E-state index is 14.5. The van der Waals surface area contributed by atoms with Crippen LogP contribution in [-0.2, 0) is 0 Å². The molecule has 3 aromatic rings. The van der Waals surface area contributed by atoms with Gasteiger partial charge in [0.25, 0.3) is 0 Å². The van der Waals surface area contributed by atoms with Crippen molar-refractivity contribution >= 4 is 32.5 Å². The SMILES string of the molecule is C[C@@H]1CN(c2ncc([C@H](O)CO)cc2F)CCN1C(O)Nc1nc2cc(F)ccc2s1. The van der Waals surface area contributed by atoms with E-state index in [4.69, 9.17) is 5.11 Å². The van der Waals surface area contributed by atoms with E-state index < -0.39 is 24.9 Å². The lowest BCUT2D eigenvalue weighted by Crippen LogP contribution is -2.57. The summed E-state index contributed by atoms with van der Waals surface area (Å²) in [5.41, 5.74) is 0.736. The molecule has 1 aliphatic rings. The van der Waals surface area contributed by atoms with Crippen LogP contribution in [0.2, 0.25) is 0 Å². The smallest absolute Gasteiger partial charge is 0.186 e. The van der Waals surface area contributed by atoms with Crippen LogP contribution in [0.3, 0.4) is 0 Å². The molecule has 0 aliphatic carbocycles. The van der Waals surface area contributed by atoms with Crippen LogP contribution in [0.25, 0.3) is 10.2 Å². The van der Waals surface area contributed by atoms with Gasteiger partial charge in [-0.05, 0) is 25.1 Å². The second-order valence-electron chi connectivity index (χ2n) is 7.45. The first-order chi connectivity index (χ1) is 14.9. The van der Waals surface area contributed by atoms with E-state index in [0.29, 0.717) is 30.3 Å². The molecule has 11 heteroatoms. The summed E-state index contributed by atoms with van der Waals surface area (Å²) in [6.45, 7) is 2.70. The molecule has 0 saturated carbocycles. The topological polar surface area (TPSA) is 105 Å². The Morgan fingerprint density at radius 3 is 2.77 bits per heavy atom. The molecule has 3 atom stereocenters. The van der Waals surface area contributed by atoms with Gasteiger partial charge in [-0.25, -0.2) is 18.7 Å². The lowest BCUT2D eigenvalue weighted by molar-refractivity contribution is -0.00547. The molecule has 3 heterocycles. The number of rotatable bonds is 6. The van der Waals surface area contributed by atoms with Crippen LogP contribution >= 0.6 is 11.3 Å². The number of thiazole rings is 1. The summed E-state index contributed by atoms with van der Waals surface area (Å²) in [5.74, 6) is -0.781. The number of aromatic nitrogens is 2. The van der Waals surface area contributed by atoms with E-state index >= 15 is 0 Å². The first-order valence-corrected chi connectivity index (χ1v) is 10.6. The van der Waals surface area contributed by atoms with Crippen molar-refractivity contribution < 1.29 is 24.1 Å². The van der Waals surface area contributed by atoms with Crippen molar-refractivity contribution in [3.05, 3.63) is 47.7 Å². The maximum absolute atomic E-state index is 14.5. The van der Waals surface area contributed by atoms with Crippen molar-refractivity contribution in [1.29, 1.82) is 0 Å². The first kappa shape index (κ1) is 21.8. The number of nitrogens with zero attached hydrogens (tertiary/aromatic N) is 4. The molecular formula is C20H23F2N5O3S. The standard InChI is InChI=1S/C20H23F2N5O3S/c1-11-9-26(18-14(22)6-12(8-23-18)16(29)10-28)4-5-27(11)20(30)25-19-24-15-7-13(21)2-3-17(15)31-19/h2-3,6-8,11,16,20,28-30H,4-5,9-10H2,1H3,(H,24,25)/t11-,16-,20?/m1/s1. The van der Waals surface area contributed by atoms with Crippen molar-refractivity contribution in [1.82, 2.24) is 14.9 Å². The van der Waals surface area contributed by atoms with Gasteiger partial charge in [0.05, 0.1) is 16.8 Å². The van der Waals surface area contributed by atoms with Crippen LogP contribution in [-0.4, -0.2) is 68.8 Å². The van der Waals surface area contributed by atoms with Crippen LogP contribution in [0.1, 0.15) is 18.6 Å². The van der Waals surface area contributed by atoms with Gasteiger partial charge >= 0.3 is 0 Å². The molecule has 166 valence electrons. The molecule has 4 N–H and O–H groups in total. The average Bonchev–Trinajstić information content (AvgIpc) is 3.14. The Labute approximate surface area is 181 Å². The highest BCUT2D eigenvalue weighted by molar-refractivity contribution is 7.22. The number of anilines is 2. The zero-order valence-electron chi connectivity index (χ0n) is 16.7. The minimum Gasteiger partial charge on any atom is -0.393 e. The molecule has 1 fully saturated rings. The Hall–Kier alpha value is -2.44. The molecule has 0 amide bonds. The largest absolute Gasteiger partial charge is 0.393 e. The third kappa shape index (κ3) is 4.60. The van der Waals surface area contributed by atoms with Crippen molar-refractivity contribution in [3.63, 3.8) is 0 Å². The summed E-state index contributed by atoms with van der Waals surface area (Å²) in [4.78, 5) is 12.0. The number of aliphatic hydroxyl groups excluding tert-OH is 3. The number of halogens is 2. The van der Waals surface area contributed by atoms with E-state index in [2.05, 4.69) is 15.3 Å². The summed E-state index contributed by atoms with van der Waals surface area (Å²) in [6.07, 6.45) is -0.836. The Kier molecular flexibility index (Phi) is 6.30. The minimum absolute atomic E-state index is 0.132. The van der Waals surface area contributed by atoms with E-state index in [1.165, 1.54) is 35.7 Å². The molecule has 4 rings (SSSR count). The normalized spacial score (nSPS) is 19.5. The van der Waals surface area contributed by atoms with E-state index in [9.17, 15) is 19.0 Å². The highest BCUT2D eigenvalue weighted by atomic mass is 32.1. The number of nitrogens with one attached hydrogen (secondary N) is 1. The quantitative estimate of drug-likeness (QED) is 0.421. The number of hydrogen-bond acceptors (Lipinski definition) is 9. The fourth-order valence-corrected chi connectivity index (χ4v) is 4.51. The van der Waals surface area contributed by atoms with E-state index in [0.717, 1.165) is 4.70 Å². The van der Waals surface area contributed by atoms with E-state index in [1.54, 1.807) is 11.0 Å². The van der Waals surface area contributed by atoms with Gasteiger partial charge in [-0.3, -0.25) is 4.90 Å². The van der Waals surface area contributed by atoms with Crippen molar-refractivity contribution in [2.45, 2.75) is 25.4 Å². The number of pyridine rings is 1. The summed E-state index contributed by atoms with van der Waals surface area (Å²) in [5, 5.41) is 32.7. The molecule has 1 saturated heterocycles. The summed E-state index contributed by atoms with van der Waals surface area (Å²) < 4.78 is 28.7. The molecule has 8 nitrogen and oxygen atoms in total. The Bertz CT molecular complexity index is 1070. The van der Waals surface area contributed by atoms with Crippen molar-refractivity contribution in [2.75, 3.05) is 36.5 Å². The maximum Gasteiger partial charge on any atom is 0.186 e.